The Labute approximate surface area is 85.7 Å². The third-order valence-electron chi connectivity index (χ3n) is 1.77. The van der Waals surface area contributed by atoms with Crippen LogP contribution in [0.4, 0.5) is 5.69 Å². The molecule has 0 aliphatic rings. The number of carbonyl (C=O) groups excluding carboxylic acids is 1. The Kier molecular flexibility index (Phi) is 3.22. The summed E-state index contributed by atoms with van der Waals surface area (Å²) in [6.07, 6.45) is 0. The summed E-state index contributed by atoms with van der Waals surface area (Å²) in [5, 5.41) is 22.2. The van der Waals surface area contributed by atoms with Crippen LogP contribution in [0.1, 0.15) is 17.3 Å². The van der Waals surface area contributed by atoms with E-state index >= 15 is 0 Å². The lowest BCUT2D eigenvalue weighted by atomic mass is 10.1. The largest absolute Gasteiger partial charge is 0.507 e. The Morgan fingerprint density at radius 2 is 2.27 bits per heavy atom. The predicted octanol–water partition coefficient (Wildman–Crippen LogP) is 1.05. The first-order chi connectivity index (χ1) is 7.06. The van der Waals surface area contributed by atoms with E-state index in [0.29, 0.717) is 6.54 Å². The molecule has 15 heavy (non-hydrogen) atoms. The lowest BCUT2D eigenvalue weighted by molar-refractivity contribution is -0.384. The van der Waals surface area contributed by atoms with Crippen LogP contribution in [-0.4, -0.2) is 22.5 Å². The van der Waals surface area contributed by atoms with E-state index in [1.165, 1.54) is 0 Å². The highest BCUT2D eigenvalue weighted by molar-refractivity contribution is 5.97. The van der Waals surface area contributed by atoms with Gasteiger partial charge in [0.2, 0.25) is 0 Å². The van der Waals surface area contributed by atoms with Gasteiger partial charge in [0, 0.05) is 18.7 Å². The molecule has 0 bridgehead atoms. The summed E-state index contributed by atoms with van der Waals surface area (Å²) in [5.74, 6) is -0.801. The topological polar surface area (TPSA) is 92.5 Å². The van der Waals surface area contributed by atoms with Gasteiger partial charge in [-0.25, -0.2) is 0 Å². The summed E-state index contributed by atoms with van der Waals surface area (Å²) < 4.78 is 0. The van der Waals surface area contributed by atoms with E-state index in [1.807, 2.05) is 0 Å². The van der Waals surface area contributed by atoms with Gasteiger partial charge in [0.1, 0.15) is 5.75 Å². The third-order valence-corrected chi connectivity index (χ3v) is 1.77. The molecule has 0 aliphatic carbocycles. The van der Waals surface area contributed by atoms with Gasteiger partial charge in [-0.2, -0.15) is 0 Å². The van der Waals surface area contributed by atoms with Crippen molar-refractivity contribution >= 4 is 11.6 Å². The highest BCUT2D eigenvalue weighted by Gasteiger charge is 2.15. The van der Waals surface area contributed by atoms with Crippen LogP contribution >= 0.6 is 0 Å². The molecule has 1 rings (SSSR count). The average Bonchev–Trinajstić information content (AvgIpc) is 2.18. The fourth-order valence-corrected chi connectivity index (χ4v) is 1.08. The van der Waals surface area contributed by atoms with E-state index in [0.717, 1.165) is 18.2 Å². The van der Waals surface area contributed by atoms with Crippen LogP contribution in [0.5, 0.6) is 5.75 Å². The number of aromatic hydroxyl groups is 1. The molecule has 0 aromatic heterocycles. The molecule has 2 N–H and O–H groups in total. The molecule has 0 saturated heterocycles. The van der Waals surface area contributed by atoms with Crippen LogP contribution in [-0.2, 0) is 0 Å². The summed E-state index contributed by atoms with van der Waals surface area (Å²) >= 11 is 0. The van der Waals surface area contributed by atoms with Gasteiger partial charge in [-0.3, -0.25) is 14.9 Å². The maximum absolute atomic E-state index is 11.3. The molecule has 1 aromatic carbocycles. The van der Waals surface area contributed by atoms with Gasteiger partial charge in [0.15, 0.2) is 0 Å². The van der Waals surface area contributed by atoms with Gasteiger partial charge in [-0.15, -0.1) is 0 Å². The number of nitrogens with one attached hydrogen (secondary N) is 1. The van der Waals surface area contributed by atoms with Crippen molar-refractivity contribution in [3.63, 3.8) is 0 Å². The Balaban J connectivity index is 3.10. The quantitative estimate of drug-likeness (QED) is 0.576. The van der Waals surface area contributed by atoms with Crippen LogP contribution in [0.2, 0.25) is 0 Å². The maximum atomic E-state index is 11.3. The fraction of sp³-hybridized carbons (Fsp3) is 0.222. The van der Waals surface area contributed by atoms with Crippen molar-refractivity contribution in [3.05, 3.63) is 33.9 Å². The summed E-state index contributed by atoms with van der Waals surface area (Å²) in [5.41, 5.74) is -0.319. The van der Waals surface area contributed by atoms with Crippen molar-refractivity contribution in [3.8, 4) is 5.75 Å². The zero-order valence-corrected chi connectivity index (χ0v) is 8.06. The lowest BCUT2D eigenvalue weighted by Crippen LogP contribution is -2.22. The zero-order chi connectivity index (χ0) is 11.4. The smallest absolute Gasteiger partial charge is 0.270 e. The second kappa shape index (κ2) is 4.41. The normalized spacial score (nSPS) is 9.67. The summed E-state index contributed by atoms with van der Waals surface area (Å²) in [6, 6.07) is 3.31. The predicted molar refractivity (Wildman–Crippen MR) is 52.8 cm³/mol. The van der Waals surface area contributed by atoms with Crippen LogP contribution in [0, 0.1) is 10.1 Å². The Hall–Kier alpha value is -2.11. The molecule has 1 amide bonds. The van der Waals surface area contributed by atoms with E-state index < -0.39 is 10.8 Å². The molecule has 0 unspecified atom stereocenters. The minimum absolute atomic E-state index is 0.0916. The first-order valence-electron chi connectivity index (χ1n) is 4.32. The number of rotatable bonds is 3. The molecule has 0 radical (unpaired) electrons. The minimum atomic E-state index is -0.623. The first kappa shape index (κ1) is 11.0. The summed E-state index contributed by atoms with van der Waals surface area (Å²) in [4.78, 5) is 21.2. The van der Waals surface area contributed by atoms with E-state index in [9.17, 15) is 20.0 Å². The molecule has 6 nitrogen and oxygen atoms in total. The highest BCUT2D eigenvalue weighted by atomic mass is 16.6. The van der Waals surface area contributed by atoms with Crippen LogP contribution in [0.3, 0.4) is 0 Å². The molecule has 0 saturated carbocycles. The molecule has 0 aliphatic heterocycles. The number of hydrogen-bond acceptors (Lipinski definition) is 4. The second-order valence-electron chi connectivity index (χ2n) is 2.82. The molecule has 0 fully saturated rings. The molecule has 0 spiro atoms. The minimum Gasteiger partial charge on any atom is -0.507 e. The summed E-state index contributed by atoms with van der Waals surface area (Å²) in [6.45, 7) is 2.10. The number of amides is 1. The molecular formula is C9H10N2O4. The average molecular weight is 210 g/mol. The Bertz CT molecular complexity index is 403. The summed E-state index contributed by atoms with van der Waals surface area (Å²) in [7, 11) is 0. The van der Waals surface area contributed by atoms with Gasteiger partial charge in [-0.1, -0.05) is 0 Å². The molecule has 0 atom stereocenters. The van der Waals surface area contributed by atoms with E-state index in [2.05, 4.69) is 5.32 Å². The Morgan fingerprint density at radius 3 is 2.80 bits per heavy atom. The number of benzene rings is 1. The van der Waals surface area contributed by atoms with E-state index in [-0.39, 0.29) is 17.0 Å². The number of phenols is 1. The van der Waals surface area contributed by atoms with Gasteiger partial charge < -0.3 is 10.4 Å². The van der Waals surface area contributed by atoms with Crippen LogP contribution in [0.15, 0.2) is 18.2 Å². The number of nitrogens with zero attached hydrogens (tertiary/aromatic N) is 1. The van der Waals surface area contributed by atoms with Crippen LogP contribution < -0.4 is 5.32 Å². The van der Waals surface area contributed by atoms with Crippen molar-refractivity contribution in [2.45, 2.75) is 6.92 Å². The van der Waals surface area contributed by atoms with E-state index in [1.54, 1.807) is 6.92 Å². The Morgan fingerprint density at radius 1 is 1.60 bits per heavy atom. The second-order valence-corrected chi connectivity index (χ2v) is 2.82. The van der Waals surface area contributed by atoms with Crippen molar-refractivity contribution in [2.75, 3.05) is 6.54 Å². The molecule has 80 valence electrons. The number of hydrogen-bond donors (Lipinski definition) is 2. The lowest BCUT2D eigenvalue weighted by Gasteiger charge is -2.03. The number of non-ortho nitro benzene ring substituents is 1. The number of nitro benzene ring substituents is 1. The van der Waals surface area contributed by atoms with E-state index in [4.69, 9.17) is 0 Å². The number of phenolic OH excluding ortho intramolecular Hbond substituents is 1. The first-order valence-corrected chi connectivity index (χ1v) is 4.32. The van der Waals surface area contributed by atoms with Crippen molar-refractivity contribution in [1.29, 1.82) is 0 Å². The maximum Gasteiger partial charge on any atom is 0.270 e. The van der Waals surface area contributed by atoms with Crippen LogP contribution in [0.25, 0.3) is 0 Å². The molecule has 0 heterocycles. The molecule has 6 heteroatoms. The molecular weight excluding hydrogens is 200 g/mol. The fourth-order valence-electron chi connectivity index (χ4n) is 1.08. The van der Waals surface area contributed by atoms with Gasteiger partial charge in [0.05, 0.1) is 10.5 Å². The van der Waals surface area contributed by atoms with Gasteiger partial charge >= 0.3 is 0 Å². The van der Waals surface area contributed by atoms with Gasteiger partial charge in [-0.05, 0) is 13.0 Å². The SMILES string of the molecule is CCNC(=O)c1cc([N+](=O)[O-])ccc1O. The van der Waals surface area contributed by atoms with Crippen molar-refractivity contribution < 1.29 is 14.8 Å². The standard InChI is InChI=1S/C9H10N2O4/c1-2-10-9(13)7-5-6(11(14)15)3-4-8(7)12/h3-5,12H,2H2,1H3,(H,10,13). The number of carbonyl (C=O) groups is 1. The monoisotopic (exact) mass is 210 g/mol. The number of nitro groups is 1. The van der Waals surface area contributed by atoms with Crippen molar-refractivity contribution in [1.82, 2.24) is 5.32 Å². The third kappa shape index (κ3) is 2.43. The van der Waals surface area contributed by atoms with Gasteiger partial charge in [0.25, 0.3) is 11.6 Å². The van der Waals surface area contributed by atoms with Crippen molar-refractivity contribution in [2.24, 2.45) is 0 Å². The highest BCUT2D eigenvalue weighted by Crippen LogP contribution is 2.22. The zero-order valence-electron chi connectivity index (χ0n) is 8.06. The molecule has 1 aromatic rings.